The second-order valence-electron chi connectivity index (χ2n) is 6.17. The maximum Gasteiger partial charge on any atom is 0.296 e. The molecule has 0 aliphatic heterocycles. The summed E-state index contributed by atoms with van der Waals surface area (Å²) in [5, 5.41) is 13.9. The zero-order valence-corrected chi connectivity index (χ0v) is 15.2. The fourth-order valence-electron chi connectivity index (χ4n) is 2.50. The average molecular weight is 356 g/mol. The summed E-state index contributed by atoms with van der Waals surface area (Å²) in [6.45, 7) is 4.48. The molecule has 0 saturated heterocycles. The van der Waals surface area contributed by atoms with Crippen molar-refractivity contribution in [3.05, 3.63) is 63.7 Å². The van der Waals surface area contributed by atoms with Gasteiger partial charge < -0.3 is 10.1 Å². The first-order valence-corrected chi connectivity index (χ1v) is 8.76. The van der Waals surface area contributed by atoms with Gasteiger partial charge in [-0.3, -0.25) is 14.9 Å². The Kier molecular flexibility index (Phi) is 7.14. The van der Waals surface area contributed by atoms with Gasteiger partial charge in [-0.05, 0) is 43.9 Å². The van der Waals surface area contributed by atoms with Crippen molar-refractivity contribution in [3.63, 3.8) is 0 Å². The van der Waals surface area contributed by atoms with E-state index < -0.39 is 4.92 Å². The quantitative estimate of drug-likeness (QED) is 0.523. The van der Waals surface area contributed by atoms with Crippen molar-refractivity contribution < 1.29 is 14.5 Å². The Hall–Kier alpha value is -2.89. The fourth-order valence-corrected chi connectivity index (χ4v) is 2.50. The Labute approximate surface area is 153 Å². The molecule has 1 N–H and O–H groups in total. The molecule has 138 valence electrons. The van der Waals surface area contributed by atoms with Gasteiger partial charge in [0.2, 0.25) is 5.91 Å². The van der Waals surface area contributed by atoms with Gasteiger partial charge in [-0.2, -0.15) is 0 Å². The molecule has 0 unspecified atom stereocenters. The third-order valence-electron chi connectivity index (χ3n) is 3.90. The molecule has 0 fully saturated rings. The number of ether oxygens (including phenoxy) is 1. The van der Waals surface area contributed by atoms with E-state index in [1.807, 2.05) is 38.1 Å². The van der Waals surface area contributed by atoms with Gasteiger partial charge in [0.05, 0.1) is 17.6 Å². The lowest BCUT2D eigenvalue weighted by molar-refractivity contribution is -0.384. The molecule has 0 atom stereocenters. The van der Waals surface area contributed by atoms with Crippen LogP contribution in [-0.2, 0) is 11.2 Å². The Morgan fingerprint density at radius 3 is 2.58 bits per heavy atom. The number of carbonyl (C=O) groups excluding carboxylic acids is 1. The first-order valence-electron chi connectivity index (χ1n) is 8.76. The van der Waals surface area contributed by atoms with E-state index in [-0.39, 0.29) is 17.3 Å². The standard InChI is InChI=1S/C20H24N2O4/c1-3-13-26-17-11-12-18(19(14-17)22(24)25)21-20(23)6-4-5-16-9-7-15(2)8-10-16/h7-12,14H,3-6,13H2,1-2H3,(H,21,23). The van der Waals surface area contributed by atoms with Crippen molar-refractivity contribution in [1.82, 2.24) is 0 Å². The summed E-state index contributed by atoms with van der Waals surface area (Å²) in [5.41, 5.74) is 2.40. The Balaban J connectivity index is 1.92. The summed E-state index contributed by atoms with van der Waals surface area (Å²) in [6.07, 6.45) is 2.59. The third-order valence-corrected chi connectivity index (χ3v) is 3.90. The molecule has 0 radical (unpaired) electrons. The van der Waals surface area contributed by atoms with E-state index in [2.05, 4.69) is 5.32 Å². The molecule has 6 nitrogen and oxygen atoms in total. The molecular weight excluding hydrogens is 332 g/mol. The normalized spacial score (nSPS) is 10.4. The molecule has 1 amide bonds. The molecule has 2 rings (SSSR count). The highest BCUT2D eigenvalue weighted by molar-refractivity contribution is 5.93. The van der Waals surface area contributed by atoms with Crippen LogP contribution in [-0.4, -0.2) is 17.4 Å². The molecule has 0 aromatic heterocycles. The summed E-state index contributed by atoms with van der Waals surface area (Å²) in [4.78, 5) is 22.9. The molecule has 0 heterocycles. The van der Waals surface area contributed by atoms with Crippen molar-refractivity contribution >= 4 is 17.3 Å². The molecule has 0 aliphatic carbocycles. The van der Waals surface area contributed by atoms with Crippen LogP contribution in [0.15, 0.2) is 42.5 Å². The molecule has 0 bridgehead atoms. The average Bonchev–Trinajstić information content (AvgIpc) is 2.62. The predicted molar refractivity (Wildman–Crippen MR) is 102 cm³/mol. The third kappa shape index (κ3) is 5.88. The zero-order valence-electron chi connectivity index (χ0n) is 15.2. The summed E-state index contributed by atoms with van der Waals surface area (Å²) in [5.74, 6) is 0.193. The number of amides is 1. The summed E-state index contributed by atoms with van der Waals surface area (Å²) in [7, 11) is 0. The highest BCUT2D eigenvalue weighted by Crippen LogP contribution is 2.29. The molecule has 2 aromatic rings. The van der Waals surface area contributed by atoms with Crippen LogP contribution >= 0.6 is 0 Å². The lowest BCUT2D eigenvalue weighted by atomic mass is 10.1. The number of nitrogens with zero attached hydrogens (tertiary/aromatic N) is 1. The van der Waals surface area contributed by atoms with Gasteiger partial charge in [0.15, 0.2) is 0 Å². The van der Waals surface area contributed by atoms with Gasteiger partial charge in [-0.15, -0.1) is 0 Å². The molecule has 0 spiro atoms. The van der Waals surface area contributed by atoms with Crippen LogP contribution in [0.1, 0.15) is 37.3 Å². The minimum atomic E-state index is -0.513. The van der Waals surface area contributed by atoms with E-state index in [1.165, 1.54) is 23.3 Å². The number of benzene rings is 2. The Morgan fingerprint density at radius 1 is 1.19 bits per heavy atom. The van der Waals surface area contributed by atoms with E-state index in [1.54, 1.807) is 6.07 Å². The van der Waals surface area contributed by atoms with Crippen LogP contribution in [0.2, 0.25) is 0 Å². The summed E-state index contributed by atoms with van der Waals surface area (Å²) < 4.78 is 5.41. The van der Waals surface area contributed by atoms with E-state index in [0.717, 1.165) is 12.8 Å². The first-order chi connectivity index (χ1) is 12.5. The van der Waals surface area contributed by atoms with Crippen LogP contribution in [0, 0.1) is 17.0 Å². The number of nitro groups is 1. The van der Waals surface area contributed by atoms with Gasteiger partial charge >= 0.3 is 0 Å². The zero-order chi connectivity index (χ0) is 18.9. The Morgan fingerprint density at radius 2 is 1.92 bits per heavy atom. The Bertz CT molecular complexity index is 757. The number of anilines is 1. The highest BCUT2D eigenvalue weighted by Gasteiger charge is 2.17. The topological polar surface area (TPSA) is 81.5 Å². The SMILES string of the molecule is CCCOc1ccc(NC(=O)CCCc2ccc(C)cc2)c([N+](=O)[O-])c1. The molecule has 26 heavy (non-hydrogen) atoms. The molecular formula is C20H24N2O4. The van der Waals surface area contributed by atoms with Gasteiger partial charge in [-0.1, -0.05) is 36.8 Å². The van der Waals surface area contributed by atoms with E-state index in [0.29, 0.717) is 25.2 Å². The largest absolute Gasteiger partial charge is 0.493 e. The number of hydrogen-bond acceptors (Lipinski definition) is 4. The minimum absolute atomic E-state index is 0.162. The van der Waals surface area contributed by atoms with Crippen LogP contribution in [0.4, 0.5) is 11.4 Å². The van der Waals surface area contributed by atoms with Gasteiger partial charge in [0.25, 0.3) is 5.69 Å². The van der Waals surface area contributed by atoms with Gasteiger partial charge in [0.1, 0.15) is 11.4 Å². The van der Waals surface area contributed by atoms with Crippen molar-refractivity contribution in [2.75, 3.05) is 11.9 Å². The molecule has 2 aromatic carbocycles. The van der Waals surface area contributed by atoms with Crippen molar-refractivity contribution in [2.45, 2.75) is 39.5 Å². The van der Waals surface area contributed by atoms with Crippen molar-refractivity contribution in [3.8, 4) is 5.75 Å². The van der Waals surface area contributed by atoms with Crippen LogP contribution < -0.4 is 10.1 Å². The second-order valence-corrected chi connectivity index (χ2v) is 6.17. The molecule has 0 saturated carbocycles. The second kappa shape index (κ2) is 9.56. The van der Waals surface area contributed by atoms with Gasteiger partial charge in [0, 0.05) is 6.42 Å². The number of nitro benzene ring substituents is 1. The van der Waals surface area contributed by atoms with E-state index in [4.69, 9.17) is 4.74 Å². The smallest absolute Gasteiger partial charge is 0.296 e. The van der Waals surface area contributed by atoms with E-state index in [9.17, 15) is 14.9 Å². The predicted octanol–water partition coefficient (Wildman–Crippen LogP) is 4.65. The van der Waals surface area contributed by atoms with Crippen LogP contribution in [0.25, 0.3) is 0 Å². The number of aryl methyl sites for hydroxylation is 2. The maximum atomic E-state index is 12.1. The first kappa shape index (κ1) is 19.4. The molecule has 6 heteroatoms. The van der Waals surface area contributed by atoms with Gasteiger partial charge in [-0.25, -0.2) is 0 Å². The van der Waals surface area contributed by atoms with Crippen molar-refractivity contribution in [1.29, 1.82) is 0 Å². The van der Waals surface area contributed by atoms with Crippen molar-refractivity contribution in [2.24, 2.45) is 0 Å². The lowest BCUT2D eigenvalue weighted by Crippen LogP contribution is -2.13. The number of hydrogen-bond donors (Lipinski definition) is 1. The number of rotatable bonds is 9. The maximum absolute atomic E-state index is 12.1. The number of carbonyl (C=O) groups is 1. The fraction of sp³-hybridized carbons (Fsp3) is 0.350. The lowest BCUT2D eigenvalue weighted by Gasteiger charge is -2.09. The highest BCUT2D eigenvalue weighted by atomic mass is 16.6. The molecule has 0 aliphatic rings. The monoisotopic (exact) mass is 356 g/mol. The summed E-state index contributed by atoms with van der Waals surface area (Å²) in [6, 6.07) is 12.7. The number of nitrogens with one attached hydrogen (secondary N) is 1. The summed E-state index contributed by atoms with van der Waals surface area (Å²) >= 11 is 0. The van der Waals surface area contributed by atoms with Crippen LogP contribution in [0.3, 0.4) is 0 Å². The van der Waals surface area contributed by atoms with Crippen LogP contribution in [0.5, 0.6) is 5.75 Å². The minimum Gasteiger partial charge on any atom is -0.493 e. The van der Waals surface area contributed by atoms with E-state index >= 15 is 0 Å².